The van der Waals surface area contributed by atoms with Crippen LogP contribution < -0.4 is 5.32 Å². The lowest BCUT2D eigenvalue weighted by molar-refractivity contribution is 0.184. The van der Waals surface area contributed by atoms with Crippen LogP contribution in [0.4, 0.5) is 0 Å². The van der Waals surface area contributed by atoms with Crippen LogP contribution in [0.5, 0.6) is 0 Å². The Hall–Kier alpha value is -0.490. The highest BCUT2D eigenvalue weighted by molar-refractivity contribution is 7.09. The van der Waals surface area contributed by atoms with Gasteiger partial charge < -0.3 is 15.0 Å². The van der Waals surface area contributed by atoms with Gasteiger partial charge in [-0.3, -0.25) is 0 Å². The van der Waals surface area contributed by atoms with Gasteiger partial charge in [0, 0.05) is 51.6 Å². The Labute approximate surface area is 101 Å². The molecule has 0 saturated carbocycles. The van der Waals surface area contributed by atoms with Crippen molar-refractivity contribution in [2.75, 3.05) is 39.8 Å². The Bertz CT molecular complexity index is 310. The molecule has 0 atom stereocenters. The molecule has 0 bridgehead atoms. The zero-order chi connectivity index (χ0) is 11.2. The van der Waals surface area contributed by atoms with Gasteiger partial charge in [0.25, 0.3) is 0 Å². The first-order valence-corrected chi connectivity index (χ1v) is 6.62. The van der Waals surface area contributed by atoms with E-state index in [4.69, 9.17) is 4.74 Å². The highest BCUT2D eigenvalue weighted by Crippen LogP contribution is 2.11. The van der Waals surface area contributed by atoms with Crippen molar-refractivity contribution >= 4 is 11.3 Å². The maximum atomic E-state index is 5.06. The van der Waals surface area contributed by atoms with E-state index in [0.717, 1.165) is 44.2 Å². The first kappa shape index (κ1) is 12.0. The third-order valence-corrected chi connectivity index (χ3v) is 3.63. The van der Waals surface area contributed by atoms with Crippen LogP contribution in [0.15, 0.2) is 5.38 Å². The number of piperazine rings is 1. The molecular weight excluding hydrogens is 222 g/mol. The van der Waals surface area contributed by atoms with Crippen LogP contribution in [0.1, 0.15) is 10.7 Å². The lowest BCUT2D eigenvalue weighted by Crippen LogP contribution is -2.44. The van der Waals surface area contributed by atoms with Crippen LogP contribution in [0.25, 0.3) is 0 Å². The van der Waals surface area contributed by atoms with Crippen LogP contribution >= 0.6 is 11.3 Å². The Morgan fingerprint density at radius 3 is 3.06 bits per heavy atom. The maximum Gasteiger partial charge on any atom is 0.119 e. The topological polar surface area (TPSA) is 37.4 Å². The molecule has 5 heteroatoms. The standard InChI is InChI=1S/C11H19N3OS/c1-15-8-11-13-10(9-16-11)2-5-14-6-3-12-4-7-14/h9,12H,2-8H2,1H3. The predicted molar refractivity (Wildman–Crippen MR) is 65.8 cm³/mol. The molecule has 1 saturated heterocycles. The number of hydrogen-bond acceptors (Lipinski definition) is 5. The average Bonchev–Trinajstić information content (AvgIpc) is 2.76. The lowest BCUT2D eigenvalue weighted by Gasteiger charge is -2.26. The second kappa shape index (κ2) is 6.30. The third-order valence-electron chi connectivity index (χ3n) is 2.76. The number of rotatable bonds is 5. The molecule has 1 fully saturated rings. The maximum absolute atomic E-state index is 5.06. The molecule has 16 heavy (non-hydrogen) atoms. The van der Waals surface area contributed by atoms with E-state index in [1.807, 2.05) is 0 Å². The molecule has 0 aliphatic carbocycles. The summed E-state index contributed by atoms with van der Waals surface area (Å²) in [6.45, 7) is 6.32. The number of nitrogens with zero attached hydrogens (tertiary/aromatic N) is 2. The molecule has 0 unspecified atom stereocenters. The summed E-state index contributed by atoms with van der Waals surface area (Å²) in [6, 6.07) is 0. The van der Waals surface area contributed by atoms with E-state index in [9.17, 15) is 0 Å². The van der Waals surface area contributed by atoms with Gasteiger partial charge >= 0.3 is 0 Å². The fourth-order valence-corrected chi connectivity index (χ4v) is 2.66. The first-order valence-electron chi connectivity index (χ1n) is 5.74. The number of ether oxygens (including phenoxy) is 1. The quantitative estimate of drug-likeness (QED) is 0.825. The Balaban J connectivity index is 1.75. The van der Waals surface area contributed by atoms with Gasteiger partial charge in [-0.05, 0) is 0 Å². The van der Waals surface area contributed by atoms with Crippen LogP contribution in [0.3, 0.4) is 0 Å². The number of aromatic nitrogens is 1. The molecule has 90 valence electrons. The Morgan fingerprint density at radius 1 is 1.50 bits per heavy atom. The van der Waals surface area contributed by atoms with Crippen molar-refractivity contribution in [2.45, 2.75) is 13.0 Å². The van der Waals surface area contributed by atoms with Crippen molar-refractivity contribution in [3.63, 3.8) is 0 Å². The number of thiazole rings is 1. The normalized spacial score (nSPS) is 17.8. The molecule has 0 radical (unpaired) electrons. The summed E-state index contributed by atoms with van der Waals surface area (Å²) < 4.78 is 5.06. The highest BCUT2D eigenvalue weighted by atomic mass is 32.1. The van der Waals surface area contributed by atoms with E-state index in [1.165, 1.54) is 5.69 Å². The Morgan fingerprint density at radius 2 is 2.31 bits per heavy atom. The molecule has 1 aliphatic rings. The fourth-order valence-electron chi connectivity index (χ4n) is 1.86. The van der Waals surface area contributed by atoms with Crippen molar-refractivity contribution in [2.24, 2.45) is 0 Å². The van der Waals surface area contributed by atoms with Crippen LogP contribution in [-0.4, -0.2) is 49.7 Å². The van der Waals surface area contributed by atoms with Gasteiger partial charge in [-0.2, -0.15) is 0 Å². The summed E-state index contributed by atoms with van der Waals surface area (Å²) in [5, 5.41) is 6.59. The average molecular weight is 241 g/mol. The summed E-state index contributed by atoms with van der Waals surface area (Å²) in [7, 11) is 1.71. The van der Waals surface area contributed by atoms with Gasteiger partial charge in [0.15, 0.2) is 0 Å². The van der Waals surface area contributed by atoms with Crippen molar-refractivity contribution in [1.29, 1.82) is 0 Å². The zero-order valence-corrected chi connectivity index (χ0v) is 10.6. The second-order valence-corrected chi connectivity index (χ2v) is 4.95. The molecule has 0 amide bonds. The predicted octanol–water partition coefficient (Wildman–Crippen LogP) is 0.737. The van der Waals surface area contributed by atoms with E-state index in [2.05, 4.69) is 20.6 Å². The van der Waals surface area contributed by atoms with Crippen LogP contribution in [0.2, 0.25) is 0 Å². The number of nitrogens with one attached hydrogen (secondary N) is 1. The first-order chi connectivity index (χ1) is 7.88. The largest absolute Gasteiger partial charge is 0.378 e. The molecule has 2 rings (SSSR count). The van der Waals surface area contributed by atoms with E-state index in [0.29, 0.717) is 6.61 Å². The minimum atomic E-state index is 0.637. The van der Waals surface area contributed by atoms with Gasteiger partial charge in [-0.15, -0.1) is 11.3 Å². The van der Waals surface area contributed by atoms with E-state index in [-0.39, 0.29) is 0 Å². The summed E-state index contributed by atoms with van der Waals surface area (Å²) in [5.74, 6) is 0. The monoisotopic (exact) mass is 241 g/mol. The molecule has 1 aliphatic heterocycles. The summed E-state index contributed by atoms with van der Waals surface area (Å²) in [5.41, 5.74) is 1.20. The van der Waals surface area contributed by atoms with Gasteiger partial charge in [-0.25, -0.2) is 4.98 Å². The molecular formula is C11H19N3OS. The van der Waals surface area contributed by atoms with Gasteiger partial charge in [0.05, 0.1) is 12.3 Å². The molecule has 2 heterocycles. The van der Waals surface area contributed by atoms with Gasteiger partial charge in [0.2, 0.25) is 0 Å². The summed E-state index contributed by atoms with van der Waals surface area (Å²) in [4.78, 5) is 7.03. The Kier molecular flexibility index (Phi) is 4.71. The van der Waals surface area contributed by atoms with E-state index in [1.54, 1.807) is 18.4 Å². The third kappa shape index (κ3) is 3.52. The molecule has 0 spiro atoms. The lowest BCUT2D eigenvalue weighted by atomic mass is 10.3. The molecule has 1 N–H and O–H groups in total. The minimum absolute atomic E-state index is 0.637. The highest BCUT2D eigenvalue weighted by Gasteiger charge is 2.10. The van der Waals surface area contributed by atoms with E-state index >= 15 is 0 Å². The van der Waals surface area contributed by atoms with Crippen molar-refractivity contribution < 1.29 is 4.74 Å². The minimum Gasteiger partial charge on any atom is -0.378 e. The SMILES string of the molecule is COCc1nc(CCN2CCNCC2)cs1. The van der Waals surface area contributed by atoms with E-state index < -0.39 is 0 Å². The zero-order valence-electron chi connectivity index (χ0n) is 9.74. The van der Waals surface area contributed by atoms with Crippen molar-refractivity contribution in [1.82, 2.24) is 15.2 Å². The van der Waals surface area contributed by atoms with Crippen molar-refractivity contribution in [3.05, 3.63) is 16.1 Å². The summed E-state index contributed by atoms with van der Waals surface area (Å²) in [6.07, 6.45) is 1.06. The molecule has 1 aromatic heterocycles. The smallest absolute Gasteiger partial charge is 0.119 e. The number of hydrogen-bond donors (Lipinski definition) is 1. The molecule has 4 nitrogen and oxygen atoms in total. The fraction of sp³-hybridized carbons (Fsp3) is 0.727. The second-order valence-electron chi connectivity index (χ2n) is 4.01. The van der Waals surface area contributed by atoms with Crippen LogP contribution in [-0.2, 0) is 17.8 Å². The van der Waals surface area contributed by atoms with Gasteiger partial charge in [0.1, 0.15) is 5.01 Å². The molecule has 0 aromatic carbocycles. The summed E-state index contributed by atoms with van der Waals surface area (Å²) >= 11 is 1.69. The van der Waals surface area contributed by atoms with Gasteiger partial charge in [-0.1, -0.05) is 0 Å². The number of methoxy groups -OCH3 is 1. The van der Waals surface area contributed by atoms with Crippen molar-refractivity contribution in [3.8, 4) is 0 Å². The molecule has 1 aromatic rings. The van der Waals surface area contributed by atoms with Crippen LogP contribution in [0, 0.1) is 0 Å².